The minimum absolute atomic E-state index is 0.0801. The van der Waals surface area contributed by atoms with Gasteiger partial charge in [0.15, 0.2) is 0 Å². The van der Waals surface area contributed by atoms with Crippen LogP contribution in [0.25, 0.3) is 0 Å². The summed E-state index contributed by atoms with van der Waals surface area (Å²) in [5, 5.41) is 14.2. The number of hydrogen-bond donors (Lipinski definition) is 3. The smallest absolute Gasteiger partial charge is 0.314 e. The first-order valence-corrected chi connectivity index (χ1v) is 7.54. The van der Waals surface area contributed by atoms with Gasteiger partial charge in [0.25, 0.3) is 0 Å². The maximum Gasteiger partial charge on any atom is 0.314 e. The number of urea groups is 1. The van der Waals surface area contributed by atoms with Crippen molar-refractivity contribution < 1.29 is 24.2 Å². The Kier molecular flexibility index (Phi) is 8.77. The van der Waals surface area contributed by atoms with E-state index in [1.807, 2.05) is 6.92 Å². The van der Waals surface area contributed by atoms with Gasteiger partial charge in [0.2, 0.25) is 0 Å². The molecule has 2 atom stereocenters. The van der Waals surface area contributed by atoms with Crippen LogP contribution in [0.15, 0.2) is 0 Å². The molecule has 0 saturated carbocycles. The fourth-order valence-electron chi connectivity index (χ4n) is 2.19. The number of carboxylic acids is 1. The maximum atomic E-state index is 11.6. The lowest BCUT2D eigenvalue weighted by atomic mass is 9.97. The zero-order valence-corrected chi connectivity index (χ0v) is 12.6. The lowest BCUT2D eigenvalue weighted by molar-refractivity contribution is -0.137. The van der Waals surface area contributed by atoms with Crippen LogP contribution in [0.3, 0.4) is 0 Å². The van der Waals surface area contributed by atoms with E-state index < -0.39 is 5.97 Å². The highest BCUT2D eigenvalue weighted by atomic mass is 16.6. The first kappa shape index (κ1) is 17.7. The summed E-state index contributed by atoms with van der Waals surface area (Å²) < 4.78 is 10.7. The van der Waals surface area contributed by atoms with E-state index in [4.69, 9.17) is 14.6 Å². The minimum atomic E-state index is -0.770. The van der Waals surface area contributed by atoms with E-state index in [0.29, 0.717) is 45.2 Å². The van der Waals surface area contributed by atoms with Crippen molar-refractivity contribution in [3.05, 3.63) is 0 Å². The number of ether oxygens (including phenoxy) is 2. The number of carbonyl (C=O) groups excluding carboxylic acids is 1. The predicted octanol–water partition coefficient (Wildman–Crippen LogP) is 0.982. The largest absolute Gasteiger partial charge is 0.481 e. The van der Waals surface area contributed by atoms with E-state index in [0.717, 1.165) is 12.8 Å². The van der Waals surface area contributed by atoms with Gasteiger partial charge in [0.1, 0.15) is 0 Å². The fraction of sp³-hybridized carbons (Fsp3) is 0.857. The topological polar surface area (TPSA) is 96.9 Å². The van der Waals surface area contributed by atoms with Gasteiger partial charge in [-0.1, -0.05) is 13.3 Å². The van der Waals surface area contributed by atoms with Crippen LogP contribution in [0.2, 0.25) is 0 Å². The third-order valence-corrected chi connectivity index (χ3v) is 3.56. The van der Waals surface area contributed by atoms with Crippen LogP contribution in [-0.2, 0) is 14.3 Å². The molecule has 0 radical (unpaired) electrons. The van der Waals surface area contributed by atoms with Crippen molar-refractivity contribution in [2.45, 2.75) is 38.7 Å². The van der Waals surface area contributed by atoms with Crippen LogP contribution >= 0.6 is 0 Å². The molecule has 0 aromatic carbocycles. The summed E-state index contributed by atoms with van der Waals surface area (Å²) in [7, 11) is 0. The summed E-state index contributed by atoms with van der Waals surface area (Å²) >= 11 is 0. The molecule has 1 heterocycles. The number of rotatable bonds is 9. The Morgan fingerprint density at radius 3 is 2.71 bits per heavy atom. The third-order valence-electron chi connectivity index (χ3n) is 3.56. The molecular formula is C14H26N2O5. The molecule has 21 heavy (non-hydrogen) atoms. The Morgan fingerprint density at radius 1 is 1.29 bits per heavy atom. The van der Waals surface area contributed by atoms with Crippen molar-refractivity contribution in [1.29, 1.82) is 0 Å². The van der Waals surface area contributed by atoms with E-state index in [9.17, 15) is 9.59 Å². The fourth-order valence-corrected chi connectivity index (χ4v) is 2.19. The van der Waals surface area contributed by atoms with Gasteiger partial charge >= 0.3 is 12.0 Å². The third kappa shape index (κ3) is 8.52. The number of hydrogen-bond acceptors (Lipinski definition) is 4. The number of carbonyl (C=O) groups is 2. The van der Waals surface area contributed by atoms with Crippen molar-refractivity contribution in [2.24, 2.45) is 5.92 Å². The van der Waals surface area contributed by atoms with Gasteiger partial charge in [-0.2, -0.15) is 0 Å². The minimum Gasteiger partial charge on any atom is -0.481 e. The van der Waals surface area contributed by atoms with Crippen molar-refractivity contribution in [3.8, 4) is 0 Å². The van der Waals surface area contributed by atoms with Gasteiger partial charge in [-0.25, -0.2) is 4.79 Å². The monoisotopic (exact) mass is 302 g/mol. The normalized spacial score (nSPS) is 19.8. The standard InChI is InChI=1S/C14H26N2O5/c1-2-11(3-4-13(17)18)5-6-15-14(19)16-9-12-10-20-7-8-21-12/h11-12H,2-10H2,1H3,(H,17,18)(H2,15,16,19). The highest BCUT2D eigenvalue weighted by Gasteiger charge is 2.15. The Balaban J connectivity index is 2.06. The van der Waals surface area contributed by atoms with Gasteiger partial charge in [0, 0.05) is 19.5 Å². The first-order chi connectivity index (χ1) is 10.1. The van der Waals surface area contributed by atoms with Crippen molar-refractivity contribution >= 4 is 12.0 Å². The van der Waals surface area contributed by atoms with Gasteiger partial charge in [-0.15, -0.1) is 0 Å². The molecule has 1 aliphatic heterocycles. The molecule has 0 aromatic heterocycles. The van der Waals surface area contributed by atoms with E-state index in [1.165, 1.54) is 0 Å². The van der Waals surface area contributed by atoms with Crippen molar-refractivity contribution in [2.75, 3.05) is 32.9 Å². The number of carboxylic acid groups (broad SMARTS) is 1. The van der Waals surface area contributed by atoms with Crippen molar-refractivity contribution in [3.63, 3.8) is 0 Å². The number of nitrogens with one attached hydrogen (secondary N) is 2. The summed E-state index contributed by atoms with van der Waals surface area (Å²) in [5.74, 6) is -0.440. The molecule has 7 nitrogen and oxygen atoms in total. The average Bonchev–Trinajstić information content (AvgIpc) is 2.49. The Labute approximate surface area is 125 Å². The average molecular weight is 302 g/mol. The highest BCUT2D eigenvalue weighted by molar-refractivity contribution is 5.73. The predicted molar refractivity (Wildman–Crippen MR) is 77.2 cm³/mol. The molecule has 0 aliphatic carbocycles. The van der Waals surface area contributed by atoms with Crippen molar-refractivity contribution in [1.82, 2.24) is 10.6 Å². The van der Waals surface area contributed by atoms with Crippen LogP contribution < -0.4 is 10.6 Å². The molecule has 3 N–H and O–H groups in total. The second-order valence-electron chi connectivity index (χ2n) is 5.20. The van der Waals surface area contributed by atoms with E-state index in [1.54, 1.807) is 0 Å². The lowest BCUT2D eigenvalue weighted by Gasteiger charge is -2.23. The summed E-state index contributed by atoms with van der Waals surface area (Å²) in [6.45, 7) is 4.70. The first-order valence-electron chi connectivity index (χ1n) is 7.54. The van der Waals surface area contributed by atoms with Crippen LogP contribution in [0.1, 0.15) is 32.6 Å². The Hall–Kier alpha value is -1.34. The summed E-state index contributed by atoms with van der Waals surface area (Å²) in [6, 6.07) is -0.225. The summed E-state index contributed by atoms with van der Waals surface area (Å²) in [6.07, 6.45) is 2.47. The highest BCUT2D eigenvalue weighted by Crippen LogP contribution is 2.14. The summed E-state index contributed by atoms with van der Waals surface area (Å²) in [4.78, 5) is 22.1. The molecule has 0 aromatic rings. The second kappa shape index (κ2) is 10.4. The molecule has 1 aliphatic rings. The molecular weight excluding hydrogens is 276 g/mol. The lowest BCUT2D eigenvalue weighted by Crippen LogP contribution is -2.44. The van der Waals surface area contributed by atoms with Gasteiger partial charge in [0.05, 0.1) is 25.9 Å². The number of aliphatic carboxylic acids is 1. The van der Waals surface area contributed by atoms with Gasteiger partial charge in [-0.05, 0) is 18.8 Å². The maximum absolute atomic E-state index is 11.6. The SMILES string of the molecule is CCC(CCNC(=O)NCC1COCCO1)CCC(=O)O. The zero-order chi connectivity index (χ0) is 15.5. The van der Waals surface area contributed by atoms with E-state index >= 15 is 0 Å². The van der Waals surface area contributed by atoms with Crippen LogP contribution in [0.4, 0.5) is 4.79 Å². The van der Waals surface area contributed by atoms with Gasteiger partial charge < -0.3 is 25.2 Å². The molecule has 122 valence electrons. The molecule has 2 amide bonds. The molecule has 1 fully saturated rings. The molecule has 2 unspecified atom stereocenters. The van der Waals surface area contributed by atoms with Crippen LogP contribution in [0.5, 0.6) is 0 Å². The summed E-state index contributed by atoms with van der Waals surface area (Å²) in [5.41, 5.74) is 0. The van der Waals surface area contributed by atoms with Crippen LogP contribution in [-0.4, -0.2) is 56.1 Å². The van der Waals surface area contributed by atoms with Crippen LogP contribution in [0, 0.1) is 5.92 Å². The molecule has 0 spiro atoms. The molecule has 1 saturated heterocycles. The Bertz CT molecular complexity index is 318. The quantitative estimate of drug-likeness (QED) is 0.590. The molecule has 0 bridgehead atoms. The van der Waals surface area contributed by atoms with E-state index in [2.05, 4.69) is 10.6 Å². The Morgan fingerprint density at radius 2 is 2.10 bits per heavy atom. The zero-order valence-electron chi connectivity index (χ0n) is 12.6. The number of amides is 2. The van der Waals surface area contributed by atoms with E-state index in [-0.39, 0.29) is 18.6 Å². The van der Waals surface area contributed by atoms with Gasteiger partial charge in [-0.3, -0.25) is 4.79 Å². The second-order valence-corrected chi connectivity index (χ2v) is 5.20. The molecule has 7 heteroatoms. The molecule has 1 rings (SSSR count).